The average molecular weight is 402 g/mol. The number of hydrogen-bond acceptors (Lipinski definition) is 7. The van der Waals surface area contributed by atoms with Crippen LogP contribution in [0.5, 0.6) is 23.0 Å². The summed E-state index contributed by atoms with van der Waals surface area (Å²) in [5.41, 5.74) is 2.35. The van der Waals surface area contributed by atoms with Crippen LogP contribution >= 0.6 is 0 Å². The van der Waals surface area contributed by atoms with E-state index in [-0.39, 0.29) is 24.8 Å². The lowest BCUT2D eigenvalue weighted by molar-refractivity contribution is 0.0669. The highest BCUT2D eigenvalue weighted by Crippen LogP contribution is 2.30. The Morgan fingerprint density at radius 3 is 1.28 bits per heavy atom. The summed E-state index contributed by atoms with van der Waals surface area (Å²) in [5.74, 6) is 1.35. The molecule has 0 aliphatic heterocycles. The van der Waals surface area contributed by atoms with Gasteiger partial charge in [-0.3, -0.25) is 9.59 Å². The molecule has 0 bridgehead atoms. The first-order valence-electron chi connectivity index (χ1n) is 8.95. The number of ketones is 2. The quantitative estimate of drug-likeness (QED) is 0.563. The summed E-state index contributed by atoms with van der Waals surface area (Å²) in [6.45, 7) is 3.15. The zero-order valence-electron chi connectivity index (χ0n) is 17.6. The van der Waals surface area contributed by atoms with Crippen molar-refractivity contribution < 1.29 is 33.3 Å². The number of Topliss-reactive ketones (excluding diaryl/α,β-unsaturated/α-hetero) is 2. The van der Waals surface area contributed by atoms with Crippen LogP contribution in [0.1, 0.15) is 31.8 Å². The van der Waals surface area contributed by atoms with E-state index in [9.17, 15) is 9.59 Å². The molecule has 7 heteroatoms. The topological polar surface area (TPSA) is 80.3 Å². The second-order valence-electron chi connectivity index (χ2n) is 6.38. The SMILES string of the molecule is COc1cc(C(=O)COCC(=O)c2cc(OC)c(C)cc2OC)c(OC)cc1C. The molecule has 0 aliphatic carbocycles. The van der Waals surface area contributed by atoms with Crippen LogP contribution in [0.4, 0.5) is 0 Å². The van der Waals surface area contributed by atoms with E-state index < -0.39 is 0 Å². The number of benzene rings is 2. The van der Waals surface area contributed by atoms with Crippen molar-refractivity contribution in [3.63, 3.8) is 0 Å². The fourth-order valence-electron chi connectivity index (χ4n) is 2.93. The molecule has 2 aromatic carbocycles. The lowest BCUT2D eigenvalue weighted by Gasteiger charge is -2.13. The number of aryl methyl sites for hydroxylation is 2. The second-order valence-corrected chi connectivity index (χ2v) is 6.38. The van der Waals surface area contributed by atoms with E-state index in [1.165, 1.54) is 28.4 Å². The third kappa shape index (κ3) is 5.06. The predicted octanol–water partition coefficient (Wildman–Crippen LogP) is 3.42. The van der Waals surface area contributed by atoms with Gasteiger partial charge < -0.3 is 23.7 Å². The van der Waals surface area contributed by atoms with E-state index in [1.54, 1.807) is 24.3 Å². The highest BCUT2D eigenvalue weighted by molar-refractivity contribution is 6.02. The van der Waals surface area contributed by atoms with Gasteiger partial charge in [0.1, 0.15) is 36.2 Å². The number of rotatable bonds is 10. The van der Waals surface area contributed by atoms with Gasteiger partial charge in [-0.05, 0) is 49.2 Å². The molecule has 0 fully saturated rings. The van der Waals surface area contributed by atoms with Gasteiger partial charge in [-0.25, -0.2) is 0 Å². The van der Waals surface area contributed by atoms with Crippen molar-refractivity contribution >= 4 is 11.6 Å². The molecular formula is C22H26O7. The first-order chi connectivity index (χ1) is 13.9. The Morgan fingerprint density at radius 1 is 0.621 bits per heavy atom. The normalized spacial score (nSPS) is 10.4. The van der Waals surface area contributed by atoms with E-state index in [0.29, 0.717) is 34.1 Å². The Bertz CT molecular complexity index is 829. The molecule has 0 saturated heterocycles. The van der Waals surface area contributed by atoms with Gasteiger partial charge in [0.15, 0.2) is 11.6 Å². The second kappa shape index (κ2) is 9.93. The summed E-state index contributed by atoms with van der Waals surface area (Å²) in [6.07, 6.45) is 0. The molecule has 0 heterocycles. The van der Waals surface area contributed by atoms with Gasteiger partial charge in [-0.1, -0.05) is 0 Å². The van der Waals surface area contributed by atoms with Crippen molar-refractivity contribution in [3.8, 4) is 23.0 Å². The molecule has 0 saturated carbocycles. The van der Waals surface area contributed by atoms with Gasteiger partial charge in [-0.15, -0.1) is 0 Å². The Labute approximate surface area is 170 Å². The van der Waals surface area contributed by atoms with Crippen molar-refractivity contribution in [2.45, 2.75) is 13.8 Å². The lowest BCUT2D eigenvalue weighted by Crippen LogP contribution is -2.16. The Kier molecular flexibility index (Phi) is 7.61. The van der Waals surface area contributed by atoms with Crippen LogP contribution in [0.3, 0.4) is 0 Å². The zero-order valence-corrected chi connectivity index (χ0v) is 17.6. The maximum Gasteiger partial charge on any atom is 0.192 e. The number of methoxy groups -OCH3 is 4. The zero-order chi connectivity index (χ0) is 21.6. The minimum Gasteiger partial charge on any atom is -0.496 e. The van der Waals surface area contributed by atoms with Gasteiger partial charge in [0.2, 0.25) is 0 Å². The maximum atomic E-state index is 12.6. The third-order valence-electron chi connectivity index (χ3n) is 4.50. The fourth-order valence-corrected chi connectivity index (χ4v) is 2.93. The number of ether oxygens (including phenoxy) is 5. The summed E-state index contributed by atoms with van der Waals surface area (Å²) in [5, 5.41) is 0. The Hall–Kier alpha value is -3.06. The van der Waals surface area contributed by atoms with Crippen molar-refractivity contribution in [2.75, 3.05) is 41.7 Å². The first-order valence-corrected chi connectivity index (χ1v) is 8.95. The van der Waals surface area contributed by atoms with Crippen LogP contribution in [-0.4, -0.2) is 53.2 Å². The Morgan fingerprint density at radius 2 is 0.966 bits per heavy atom. The molecule has 0 unspecified atom stereocenters. The van der Waals surface area contributed by atoms with Crippen LogP contribution in [0.2, 0.25) is 0 Å². The molecule has 0 spiro atoms. The number of carbonyl (C=O) groups excluding carboxylic acids is 2. The molecule has 0 atom stereocenters. The summed E-state index contributed by atoms with van der Waals surface area (Å²) in [4.78, 5) is 25.1. The molecular weight excluding hydrogens is 376 g/mol. The van der Waals surface area contributed by atoms with Crippen molar-refractivity contribution in [1.29, 1.82) is 0 Å². The van der Waals surface area contributed by atoms with E-state index >= 15 is 0 Å². The molecule has 2 rings (SSSR count). The fraction of sp³-hybridized carbons (Fsp3) is 0.364. The summed E-state index contributed by atoms with van der Waals surface area (Å²) in [7, 11) is 6.03. The predicted molar refractivity (Wildman–Crippen MR) is 108 cm³/mol. The number of carbonyl (C=O) groups is 2. The first kappa shape index (κ1) is 22.2. The van der Waals surface area contributed by atoms with E-state index in [1.807, 2.05) is 13.8 Å². The number of hydrogen-bond donors (Lipinski definition) is 0. The van der Waals surface area contributed by atoms with Crippen molar-refractivity contribution in [2.24, 2.45) is 0 Å². The van der Waals surface area contributed by atoms with Gasteiger partial charge in [0.25, 0.3) is 0 Å². The van der Waals surface area contributed by atoms with Crippen LogP contribution < -0.4 is 18.9 Å². The van der Waals surface area contributed by atoms with Crippen molar-refractivity contribution in [1.82, 2.24) is 0 Å². The largest absolute Gasteiger partial charge is 0.496 e. The van der Waals surface area contributed by atoms with E-state index in [0.717, 1.165) is 11.1 Å². The van der Waals surface area contributed by atoms with Crippen LogP contribution in [-0.2, 0) is 4.74 Å². The molecule has 0 aromatic heterocycles. The third-order valence-corrected chi connectivity index (χ3v) is 4.50. The van der Waals surface area contributed by atoms with Crippen LogP contribution in [0, 0.1) is 13.8 Å². The molecule has 0 radical (unpaired) electrons. The molecule has 29 heavy (non-hydrogen) atoms. The van der Waals surface area contributed by atoms with Crippen LogP contribution in [0.25, 0.3) is 0 Å². The van der Waals surface area contributed by atoms with Gasteiger partial charge in [0, 0.05) is 0 Å². The minimum absolute atomic E-state index is 0.278. The Balaban J connectivity index is 2.10. The molecule has 7 nitrogen and oxygen atoms in total. The van der Waals surface area contributed by atoms with Crippen molar-refractivity contribution in [3.05, 3.63) is 46.5 Å². The monoisotopic (exact) mass is 402 g/mol. The summed E-state index contributed by atoms with van der Waals surface area (Å²) >= 11 is 0. The van der Waals surface area contributed by atoms with Gasteiger partial charge in [0.05, 0.1) is 39.6 Å². The van der Waals surface area contributed by atoms with E-state index in [2.05, 4.69) is 0 Å². The maximum absolute atomic E-state index is 12.6. The van der Waals surface area contributed by atoms with Crippen LogP contribution in [0.15, 0.2) is 24.3 Å². The highest BCUT2D eigenvalue weighted by atomic mass is 16.5. The van der Waals surface area contributed by atoms with Gasteiger partial charge >= 0.3 is 0 Å². The molecule has 0 aliphatic rings. The summed E-state index contributed by atoms with van der Waals surface area (Å²) in [6, 6.07) is 6.66. The van der Waals surface area contributed by atoms with E-state index in [4.69, 9.17) is 23.7 Å². The average Bonchev–Trinajstić information content (AvgIpc) is 2.72. The minimum atomic E-state index is -0.318. The molecule has 156 valence electrons. The van der Waals surface area contributed by atoms with Gasteiger partial charge in [-0.2, -0.15) is 0 Å². The molecule has 2 aromatic rings. The smallest absolute Gasteiger partial charge is 0.192 e. The highest BCUT2D eigenvalue weighted by Gasteiger charge is 2.19. The standard InChI is InChI=1S/C22H26O7/c1-13-7-21(27-5)15(9-19(13)25-3)17(23)11-29-12-18(24)16-10-20(26-4)14(2)8-22(16)28-6/h7-10H,11-12H2,1-6H3. The molecule has 0 amide bonds. The lowest BCUT2D eigenvalue weighted by atomic mass is 10.1. The molecule has 0 N–H and O–H groups in total. The summed E-state index contributed by atoms with van der Waals surface area (Å²) < 4.78 is 26.5.